The van der Waals surface area contributed by atoms with Gasteiger partial charge in [-0.15, -0.1) is 0 Å². The van der Waals surface area contributed by atoms with Crippen LogP contribution in [0.2, 0.25) is 0 Å². The molecule has 5 rings (SSSR count). The van der Waals surface area contributed by atoms with Gasteiger partial charge in [-0.25, -0.2) is 9.78 Å². The molecule has 0 atom stereocenters. The summed E-state index contributed by atoms with van der Waals surface area (Å²) in [4.78, 5) is 16.2. The summed E-state index contributed by atoms with van der Waals surface area (Å²) in [5, 5.41) is 12.0. The van der Waals surface area contributed by atoms with Crippen LogP contribution in [0.3, 0.4) is 0 Å². The van der Waals surface area contributed by atoms with Gasteiger partial charge in [0.2, 0.25) is 0 Å². The molecule has 2 aromatic carbocycles. The van der Waals surface area contributed by atoms with E-state index in [-0.39, 0.29) is 0 Å². The Labute approximate surface area is 182 Å². The maximum absolute atomic E-state index is 11.3. The van der Waals surface area contributed by atoms with Crippen molar-refractivity contribution in [1.29, 1.82) is 0 Å². The summed E-state index contributed by atoms with van der Waals surface area (Å²) in [7, 11) is 0. The Bertz CT molecular complexity index is 1230. The molecule has 6 heteroatoms. The number of aromatic nitrogens is 2. The lowest BCUT2D eigenvalue weighted by molar-refractivity contribution is 0.144. The third kappa shape index (κ3) is 3.17. The minimum absolute atomic E-state index is 0.462. The van der Waals surface area contributed by atoms with Crippen LogP contribution in [0.25, 0.3) is 28.2 Å². The minimum Gasteiger partial charge on any atom is -0.465 e. The zero-order valence-corrected chi connectivity index (χ0v) is 17.8. The number of amides is 1. The first kappa shape index (κ1) is 18.9. The largest absolute Gasteiger partial charge is 0.465 e. The van der Waals surface area contributed by atoms with Crippen molar-refractivity contribution in [3.05, 3.63) is 83.0 Å². The number of pyridine rings is 1. The molecule has 0 aliphatic heterocycles. The van der Waals surface area contributed by atoms with Gasteiger partial charge in [0.15, 0.2) is 0 Å². The molecule has 2 heterocycles. The van der Waals surface area contributed by atoms with Gasteiger partial charge in [0.25, 0.3) is 0 Å². The van der Waals surface area contributed by atoms with Crippen LogP contribution in [0.15, 0.2) is 77.4 Å². The number of hydrogen-bond acceptors (Lipinski definition) is 2. The fraction of sp³-hybridized carbons (Fsp3) is 0.167. The highest BCUT2D eigenvalue weighted by Crippen LogP contribution is 2.42. The van der Waals surface area contributed by atoms with E-state index < -0.39 is 11.6 Å². The van der Waals surface area contributed by atoms with E-state index in [2.05, 4.69) is 37.8 Å². The molecule has 0 saturated heterocycles. The monoisotopic (exact) mass is 461 g/mol. The van der Waals surface area contributed by atoms with Crippen molar-refractivity contribution in [2.75, 3.05) is 0 Å². The van der Waals surface area contributed by atoms with Crippen molar-refractivity contribution in [3.8, 4) is 22.5 Å². The van der Waals surface area contributed by atoms with Gasteiger partial charge < -0.3 is 10.4 Å². The van der Waals surface area contributed by atoms with Crippen LogP contribution in [0, 0.1) is 0 Å². The molecule has 2 N–H and O–H groups in total. The van der Waals surface area contributed by atoms with E-state index in [9.17, 15) is 9.90 Å². The molecule has 1 aliphatic rings. The van der Waals surface area contributed by atoms with Gasteiger partial charge in [-0.05, 0) is 52.9 Å². The number of fused-ring (bicyclic) bond motifs is 1. The molecule has 4 aromatic rings. The summed E-state index contributed by atoms with van der Waals surface area (Å²) in [6.07, 6.45) is 3.74. The first-order valence-electron chi connectivity index (χ1n) is 9.91. The van der Waals surface area contributed by atoms with Gasteiger partial charge in [-0.2, -0.15) is 0 Å². The zero-order chi connectivity index (χ0) is 20.7. The van der Waals surface area contributed by atoms with E-state index >= 15 is 0 Å². The Kier molecular flexibility index (Phi) is 4.59. The van der Waals surface area contributed by atoms with E-state index in [4.69, 9.17) is 4.98 Å². The number of carboxylic acid groups (broad SMARTS) is 1. The Morgan fingerprint density at radius 1 is 1.00 bits per heavy atom. The second-order valence-corrected chi connectivity index (χ2v) is 8.61. The Morgan fingerprint density at radius 2 is 1.73 bits per heavy atom. The Balaban J connectivity index is 1.62. The lowest BCUT2D eigenvalue weighted by Gasteiger charge is -2.42. The van der Waals surface area contributed by atoms with Crippen molar-refractivity contribution >= 4 is 27.7 Å². The summed E-state index contributed by atoms with van der Waals surface area (Å²) in [5.41, 5.74) is 5.44. The summed E-state index contributed by atoms with van der Waals surface area (Å²) in [6, 6.07) is 22.4. The van der Waals surface area contributed by atoms with Gasteiger partial charge in [0, 0.05) is 21.8 Å². The molecule has 5 nitrogen and oxygen atoms in total. The lowest BCUT2D eigenvalue weighted by atomic mass is 9.72. The summed E-state index contributed by atoms with van der Waals surface area (Å²) in [5.74, 6) is 0. The molecule has 1 aliphatic carbocycles. The highest BCUT2D eigenvalue weighted by atomic mass is 79.9. The van der Waals surface area contributed by atoms with Crippen LogP contribution < -0.4 is 5.32 Å². The molecule has 1 amide bonds. The highest BCUT2D eigenvalue weighted by molar-refractivity contribution is 9.10. The number of imidazole rings is 1. The number of nitrogens with zero attached hydrogens (tertiary/aromatic N) is 2. The predicted molar refractivity (Wildman–Crippen MR) is 120 cm³/mol. The van der Waals surface area contributed by atoms with Crippen LogP contribution in [0.4, 0.5) is 4.79 Å². The maximum Gasteiger partial charge on any atom is 0.405 e. The molecular formula is C24H20BrN3O2. The molecule has 0 spiro atoms. The summed E-state index contributed by atoms with van der Waals surface area (Å²) < 4.78 is 3.08. The van der Waals surface area contributed by atoms with Gasteiger partial charge >= 0.3 is 6.09 Å². The number of carbonyl (C=O) groups is 1. The second-order valence-electron chi connectivity index (χ2n) is 7.69. The first-order chi connectivity index (χ1) is 14.6. The van der Waals surface area contributed by atoms with Gasteiger partial charge in [-0.3, -0.25) is 4.40 Å². The Morgan fingerprint density at radius 3 is 2.37 bits per heavy atom. The number of benzene rings is 2. The van der Waals surface area contributed by atoms with Crippen molar-refractivity contribution in [2.24, 2.45) is 0 Å². The van der Waals surface area contributed by atoms with Crippen LogP contribution in [0.1, 0.15) is 24.8 Å². The van der Waals surface area contributed by atoms with E-state index in [0.29, 0.717) is 0 Å². The van der Waals surface area contributed by atoms with Crippen LogP contribution >= 0.6 is 15.9 Å². The molecule has 0 bridgehead atoms. The zero-order valence-electron chi connectivity index (χ0n) is 16.2. The molecule has 0 radical (unpaired) electrons. The fourth-order valence-corrected chi connectivity index (χ4v) is 4.60. The lowest BCUT2D eigenvalue weighted by Crippen LogP contribution is -2.50. The standard InChI is InChI=1S/C24H20BrN3O2/c25-19-11-12-20-26-21(22(28(20)15-19)17-5-2-1-3-6-17)16-7-9-18(10-8-16)24(13-4-14-24)27-23(29)30/h1-3,5-12,15,27H,4,13-14H2,(H,29,30). The molecule has 30 heavy (non-hydrogen) atoms. The van der Waals surface area contributed by atoms with E-state index in [1.165, 1.54) is 0 Å². The van der Waals surface area contributed by atoms with Crippen molar-refractivity contribution in [3.63, 3.8) is 0 Å². The van der Waals surface area contributed by atoms with Crippen LogP contribution in [0.5, 0.6) is 0 Å². The van der Waals surface area contributed by atoms with E-state index in [1.807, 2.05) is 60.8 Å². The molecular weight excluding hydrogens is 442 g/mol. The first-order valence-corrected chi connectivity index (χ1v) is 10.7. The smallest absolute Gasteiger partial charge is 0.405 e. The number of rotatable bonds is 4. The predicted octanol–water partition coefficient (Wildman–Crippen LogP) is 6.08. The normalized spacial score (nSPS) is 15.0. The second kappa shape index (κ2) is 7.29. The number of halogens is 1. The topological polar surface area (TPSA) is 66.6 Å². The fourth-order valence-electron chi connectivity index (χ4n) is 4.26. The third-order valence-corrected chi connectivity index (χ3v) is 6.36. The summed E-state index contributed by atoms with van der Waals surface area (Å²) >= 11 is 3.57. The number of nitrogens with one attached hydrogen (secondary N) is 1. The quantitative estimate of drug-likeness (QED) is 0.387. The summed E-state index contributed by atoms with van der Waals surface area (Å²) in [6.45, 7) is 0. The average molecular weight is 462 g/mol. The third-order valence-electron chi connectivity index (χ3n) is 5.89. The Hall–Kier alpha value is -3.12. The number of hydrogen-bond donors (Lipinski definition) is 2. The van der Waals surface area contributed by atoms with Crippen molar-refractivity contribution in [1.82, 2.24) is 14.7 Å². The van der Waals surface area contributed by atoms with E-state index in [0.717, 1.165) is 57.5 Å². The highest BCUT2D eigenvalue weighted by Gasteiger charge is 2.40. The van der Waals surface area contributed by atoms with Crippen LogP contribution in [-0.2, 0) is 5.54 Å². The van der Waals surface area contributed by atoms with Gasteiger partial charge in [-0.1, -0.05) is 54.6 Å². The SMILES string of the molecule is O=C(O)NC1(c2ccc(-c3nc4ccc(Br)cn4c3-c3ccccc3)cc2)CCC1. The maximum atomic E-state index is 11.3. The molecule has 150 valence electrons. The van der Waals surface area contributed by atoms with Crippen LogP contribution in [-0.4, -0.2) is 20.6 Å². The molecule has 1 saturated carbocycles. The van der Waals surface area contributed by atoms with Gasteiger partial charge in [0.1, 0.15) is 5.65 Å². The minimum atomic E-state index is -0.976. The molecule has 1 fully saturated rings. The van der Waals surface area contributed by atoms with Gasteiger partial charge in [0.05, 0.1) is 16.9 Å². The average Bonchev–Trinajstić information content (AvgIpc) is 3.10. The molecule has 0 unspecified atom stereocenters. The van der Waals surface area contributed by atoms with Crippen molar-refractivity contribution < 1.29 is 9.90 Å². The van der Waals surface area contributed by atoms with Crippen molar-refractivity contribution in [2.45, 2.75) is 24.8 Å². The molecule has 2 aromatic heterocycles. The van der Waals surface area contributed by atoms with E-state index in [1.54, 1.807) is 0 Å².